The molecule has 1 rings (SSSR count). The van der Waals surface area contributed by atoms with E-state index in [1.807, 2.05) is 7.05 Å². The number of rotatable bonds is 5. The Morgan fingerprint density at radius 1 is 1.62 bits per heavy atom. The fourth-order valence-electron chi connectivity index (χ4n) is 1.61. The molecule has 0 spiro atoms. The van der Waals surface area contributed by atoms with Gasteiger partial charge in [0.25, 0.3) is 0 Å². The fourth-order valence-corrected chi connectivity index (χ4v) is 1.61. The molecule has 1 aliphatic heterocycles. The van der Waals surface area contributed by atoms with E-state index in [4.69, 9.17) is 0 Å². The summed E-state index contributed by atoms with van der Waals surface area (Å²) in [6.45, 7) is 2.23. The van der Waals surface area contributed by atoms with Crippen LogP contribution in [0.5, 0.6) is 0 Å². The van der Waals surface area contributed by atoms with Crippen molar-refractivity contribution in [3.63, 3.8) is 0 Å². The van der Waals surface area contributed by atoms with Crippen molar-refractivity contribution in [3.05, 3.63) is 0 Å². The van der Waals surface area contributed by atoms with Gasteiger partial charge in [-0.2, -0.15) is 0 Å². The van der Waals surface area contributed by atoms with Crippen LogP contribution in [0.4, 0.5) is 0 Å². The topological polar surface area (TPSA) is 73.5 Å². The second-order valence-corrected chi connectivity index (χ2v) is 3.95. The largest absolute Gasteiger partial charge is 0.353 e. The number of likely N-dealkylation sites (N-methyl/N-ethyl adjacent to an activating group) is 1. The first-order valence-electron chi connectivity index (χ1n) is 5.55. The first kappa shape index (κ1) is 12.9. The van der Waals surface area contributed by atoms with Gasteiger partial charge in [-0.25, -0.2) is 0 Å². The number of amides is 2. The molecule has 0 aromatic rings. The molecule has 16 heavy (non-hydrogen) atoms. The average Bonchev–Trinajstić information content (AvgIpc) is 2.29. The molecule has 1 heterocycles. The lowest BCUT2D eigenvalue weighted by Crippen LogP contribution is -2.58. The predicted molar refractivity (Wildman–Crippen MR) is 61.0 cm³/mol. The zero-order chi connectivity index (χ0) is 12.0. The number of piperazine rings is 1. The fraction of sp³-hybridized carbons (Fsp3) is 0.800. The normalized spacial score (nSPS) is 20.4. The van der Waals surface area contributed by atoms with Crippen molar-refractivity contribution in [1.82, 2.24) is 20.9 Å². The summed E-state index contributed by atoms with van der Waals surface area (Å²) in [4.78, 5) is 24.5. The van der Waals surface area contributed by atoms with Gasteiger partial charge in [0.1, 0.15) is 6.04 Å². The van der Waals surface area contributed by atoms with E-state index >= 15 is 0 Å². The van der Waals surface area contributed by atoms with Crippen LogP contribution in [0.2, 0.25) is 0 Å². The Morgan fingerprint density at radius 3 is 2.94 bits per heavy atom. The van der Waals surface area contributed by atoms with Crippen LogP contribution < -0.4 is 16.0 Å². The van der Waals surface area contributed by atoms with E-state index in [0.29, 0.717) is 6.54 Å². The van der Waals surface area contributed by atoms with Crippen LogP contribution in [0.1, 0.15) is 6.42 Å². The van der Waals surface area contributed by atoms with Crippen molar-refractivity contribution in [3.8, 4) is 0 Å². The third-order valence-electron chi connectivity index (χ3n) is 2.61. The number of hydrogen-bond acceptors (Lipinski definition) is 4. The van der Waals surface area contributed by atoms with Crippen LogP contribution in [0.3, 0.4) is 0 Å². The van der Waals surface area contributed by atoms with Crippen molar-refractivity contribution in [2.24, 2.45) is 0 Å². The number of hydrogen-bond donors (Lipinski definition) is 3. The molecule has 0 aromatic heterocycles. The number of nitrogens with zero attached hydrogens (tertiary/aromatic N) is 1. The molecule has 0 bridgehead atoms. The molecule has 0 radical (unpaired) electrons. The highest BCUT2D eigenvalue weighted by Crippen LogP contribution is 1.96. The van der Waals surface area contributed by atoms with Crippen LogP contribution in [0.25, 0.3) is 0 Å². The lowest BCUT2D eigenvalue weighted by atomic mass is 10.2. The summed E-state index contributed by atoms with van der Waals surface area (Å²) in [5.41, 5.74) is 0. The summed E-state index contributed by atoms with van der Waals surface area (Å²) in [6, 6.07) is -0.280. The van der Waals surface area contributed by atoms with Gasteiger partial charge < -0.3 is 15.5 Å². The van der Waals surface area contributed by atoms with E-state index in [2.05, 4.69) is 16.0 Å². The molecular formula is C10H20N4O2. The molecule has 2 amide bonds. The molecule has 1 saturated heterocycles. The van der Waals surface area contributed by atoms with Crippen molar-refractivity contribution in [2.45, 2.75) is 12.5 Å². The van der Waals surface area contributed by atoms with Gasteiger partial charge in [-0.15, -0.1) is 0 Å². The first-order valence-corrected chi connectivity index (χ1v) is 5.55. The van der Waals surface area contributed by atoms with Crippen LogP contribution in [0, 0.1) is 0 Å². The van der Waals surface area contributed by atoms with Crippen molar-refractivity contribution < 1.29 is 9.59 Å². The molecule has 1 aliphatic rings. The van der Waals surface area contributed by atoms with E-state index in [0.717, 1.165) is 19.5 Å². The van der Waals surface area contributed by atoms with Gasteiger partial charge in [0, 0.05) is 20.1 Å². The lowest BCUT2D eigenvalue weighted by Gasteiger charge is -2.27. The van der Waals surface area contributed by atoms with Crippen molar-refractivity contribution in [2.75, 3.05) is 40.3 Å². The highest BCUT2D eigenvalue weighted by molar-refractivity contribution is 5.86. The summed E-state index contributed by atoms with van der Waals surface area (Å²) in [7, 11) is 3.68. The number of nitrogens with one attached hydrogen (secondary N) is 3. The third-order valence-corrected chi connectivity index (χ3v) is 2.61. The van der Waals surface area contributed by atoms with Crippen LogP contribution in [0.15, 0.2) is 0 Å². The molecule has 3 N–H and O–H groups in total. The molecule has 1 atom stereocenters. The zero-order valence-electron chi connectivity index (χ0n) is 9.88. The Bertz CT molecular complexity index is 247. The summed E-state index contributed by atoms with van der Waals surface area (Å²) in [5, 5.41) is 8.63. The summed E-state index contributed by atoms with van der Waals surface area (Å²) in [5.74, 6) is -0.0158. The van der Waals surface area contributed by atoms with E-state index in [1.54, 1.807) is 11.9 Å². The summed E-state index contributed by atoms with van der Waals surface area (Å²) < 4.78 is 0. The van der Waals surface area contributed by atoms with Gasteiger partial charge in [-0.1, -0.05) is 0 Å². The van der Waals surface area contributed by atoms with Crippen molar-refractivity contribution >= 4 is 11.8 Å². The molecule has 1 unspecified atom stereocenters. The van der Waals surface area contributed by atoms with E-state index < -0.39 is 0 Å². The minimum Gasteiger partial charge on any atom is -0.353 e. The van der Waals surface area contributed by atoms with E-state index in [-0.39, 0.29) is 24.4 Å². The van der Waals surface area contributed by atoms with Crippen LogP contribution >= 0.6 is 0 Å². The average molecular weight is 228 g/mol. The molecule has 6 nitrogen and oxygen atoms in total. The van der Waals surface area contributed by atoms with Gasteiger partial charge in [0.2, 0.25) is 11.8 Å². The SMILES string of the molecule is CNCCCN(C)C(=O)C1CNC(=O)CN1. The van der Waals surface area contributed by atoms with Gasteiger partial charge in [-0.3, -0.25) is 14.9 Å². The maximum atomic E-state index is 11.9. The second-order valence-electron chi connectivity index (χ2n) is 3.95. The Hall–Kier alpha value is -1.14. The molecule has 0 saturated carbocycles. The third kappa shape index (κ3) is 3.79. The van der Waals surface area contributed by atoms with Gasteiger partial charge in [-0.05, 0) is 20.0 Å². The second kappa shape index (κ2) is 6.44. The van der Waals surface area contributed by atoms with E-state index in [9.17, 15) is 9.59 Å². The smallest absolute Gasteiger partial charge is 0.241 e. The molecule has 6 heteroatoms. The van der Waals surface area contributed by atoms with Gasteiger partial charge in [0.05, 0.1) is 6.54 Å². The Morgan fingerprint density at radius 2 is 2.38 bits per heavy atom. The molecule has 0 aliphatic carbocycles. The monoisotopic (exact) mass is 228 g/mol. The predicted octanol–water partition coefficient (Wildman–Crippen LogP) is -1.86. The molecule has 92 valence electrons. The quantitative estimate of drug-likeness (QED) is 0.483. The summed E-state index contributed by atoms with van der Waals surface area (Å²) in [6.07, 6.45) is 0.928. The number of carbonyl (C=O) groups excluding carboxylic acids is 2. The standard InChI is InChI=1S/C10H20N4O2/c1-11-4-3-5-14(2)10(16)8-6-13-9(15)7-12-8/h8,11-12H,3-7H2,1-2H3,(H,13,15). The van der Waals surface area contributed by atoms with Gasteiger partial charge >= 0.3 is 0 Å². The zero-order valence-corrected chi connectivity index (χ0v) is 9.88. The maximum absolute atomic E-state index is 11.9. The summed E-state index contributed by atoms with van der Waals surface area (Å²) >= 11 is 0. The highest BCUT2D eigenvalue weighted by Gasteiger charge is 2.25. The van der Waals surface area contributed by atoms with Crippen LogP contribution in [-0.4, -0.2) is 63.0 Å². The van der Waals surface area contributed by atoms with Crippen LogP contribution in [-0.2, 0) is 9.59 Å². The van der Waals surface area contributed by atoms with Gasteiger partial charge in [0.15, 0.2) is 0 Å². The van der Waals surface area contributed by atoms with E-state index in [1.165, 1.54) is 0 Å². The maximum Gasteiger partial charge on any atom is 0.241 e. The van der Waals surface area contributed by atoms with Crippen molar-refractivity contribution in [1.29, 1.82) is 0 Å². The Labute approximate surface area is 95.8 Å². The molecule has 1 fully saturated rings. The minimum atomic E-state index is -0.280. The number of carbonyl (C=O) groups is 2. The first-order chi connectivity index (χ1) is 7.65. The minimum absolute atomic E-state index is 0.0381. The Kier molecular flexibility index (Phi) is 5.21. The molecular weight excluding hydrogens is 208 g/mol. The molecule has 0 aromatic carbocycles. The lowest BCUT2D eigenvalue weighted by molar-refractivity contribution is -0.133. The highest BCUT2D eigenvalue weighted by atomic mass is 16.2. The Balaban J connectivity index is 2.29.